The summed E-state index contributed by atoms with van der Waals surface area (Å²) >= 11 is 5.69. The first-order chi connectivity index (χ1) is 9.03. The van der Waals surface area contributed by atoms with Gasteiger partial charge in [0.15, 0.2) is 0 Å². The number of hydrogen-bond donors (Lipinski definition) is 0. The van der Waals surface area contributed by atoms with Gasteiger partial charge in [-0.2, -0.15) is 0 Å². The van der Waals surface area contributed by atoms with Gasteiger partial charge in [-0.3, -0.25) is 4.79 Å². The van der Waals surface area contributed by atoms with Gasteiger partial charge in [0, 0.05) is 5.88 Å². The zero-order chi connectivity index (χ0) is 14.4. The van der Waals surface area contributed by atoms with Gasteiger partial charge in [0.05, 0.1) is 31.4 Å². The highest BCUT2D eigenvalue weighted by molar-refractivity contribution is 6.17. The molecule has 0 saturated heterocycles. The lowest BCUT2D eigenvalue weighted by Crippen LogP contribution is -2.12. The summed E-state index contributed by atoms with van der Waals surface area (Å²) in [5, 5.41) is 0. The van der Waals surface area contributed by atoms with E-state index in [0.717, 1.165) is 0 Å². The third kappa shape index (κ3) is 4.02. The largest absolute Gasteiger partial charge is 0.481 e. The van der Waals surface area contributed by atoms with Crippen LogP contribution in [0.2, 0.25) is 0 Å². The second kappa shape index (κ2) is 7.23. The molecule has 0 aromatic carbocycles. The Morgan fingerprint density at radius 3 is 2.68 bits per heavy atom. The third-order valence-corrected chi connectivity index (χ3v) is 2.66. The number of carbonyl (C=O) groups is 1. The van der Waals surface area contributed by atoms with Gasteiger partial charge in [0.1, 0.15) is 0 Å². The predicted octanol–water partition coefficient (Wildman–Crippen LogP) is 2.87. The molecule has 1 heterocycles. The number of halogens is 3. The Kier molecular flexibility index (Phi) is 5.95. The topological polar surface area (TPSA) is 48.4 Å². The lowest BCUT2D eigenvalue weighted by atomic mass is 10.1. The fraction of sp³-hybridized carbons (Fsp3) is 0.500. The summed E-state index contributed by atoms with van der Waals surface area (Å²) in [6.07, 6.45) is -2.85. The monoisotopic (exact) mass is 293 g/mol. The summed E-state index contributed by atoms with van der Waals surface area (Å²) in [4.78, 5) is 15.3. The predicted molar refractivity (Wildman–Crippen MR) is 65.6 cm³/mol. The van der Waals surface area contributed by atoms with Crippen molar-refractivity contribution >= 4 is 17.6 Å². The van der Waals surface area contributed by atoms with Crippen molar-refractivity contribution < 1.29 is 23.0 Å². The Morgan fingerprint density at radius 1 is 1.53 bits per heavy atom. The smallest absolute Gasteiger partial charge is 0.311 e. The second-order valence-corrected chi connectivity index (χ2v) is 3.88. The molecule has 0 N–H and O–H groups in total. The van der Waals surface area contributed by atoms with Crippen molar-refractivity contribution in [1.29, 1.82) is 0 Å². The molecule has 0 bridgehead atoms. The lowest BCUT2D eigenvalue weighted by molar-refractivity contribution is -0.142. The van der Waals surface area contributed by atoms with Gasteiger partial charge in [-0.15, -0.1) is 11.6 Å². The maximum absolute atomic E-state index is 12.8. The first-order valence-corrected chi connectivity index (χ1v) is 6.13. The fourth-order valence-corrected chi connectivity index (χ4v) is 1.76. The highest BCUT2D eigenvalue weighted by Gasteiger charge is 2.20. The Labute approximate surface area is 114 Å². The minimum atomic E-state index is -2.72. The molecule has 0 aliphatic carbocycles. The molecule has 0 saturated carbocycles. The summed E-state index contributed by atoms with van der Waals surface area (Å²) in [6, 6.07) is 1.21. The van der Waals surface area contributed by atoms with Crippen molar-refractivity contribution in [2.24, 2.45) is 0 Å². The number of aromatic nitrogens is 1. The zero-order valence-electron chi connectivity index (χ0n) is 10.6. The number of nitrogens with zero attached hydrogens (tertiary/aromatic N) is 1. The average Bonchev–Trinajstić information content (AvgIpc) is 2.38. The van der Waals surface area contributed by atoms with E-state index in [0.29, 0.717) is 5.56 Å². The first-order valence-electron chi connectivity index (χ1n) is 5.59. The van der Waals surface area contributed by atoms with E-state index in [-0.39, 0.29) is 36.0 Å². The second-order valence-electron chi connectivity index (χ2n) is 3.61. The normalized spacial score (nSPS) is 10.6. The molecule has 0 aliphatic heterocycles. The lowest BCUT2D eigenvalue weighted by Gasteiger charge is -2.12. The SMILES string of the molecule is CCOC(=O)Cc1nc(OC)c(C(F)F)cc1CCl. The number of esters is 1. The highest BCUT2D eigenvalue weighted by Crippen LogP contribution is 2.30. The molecule has 0 spiro atoms. The molecule has 0 amide bonds. The van der Waals surface area contributed by atoms with Crippen LogP contribution in [0.4, 0.5) is 8.78 Å². The minimum absolute atomic E-state index is 0.0224. The minimum Gasteiger partial charge on any atom is -0.481 e. The molecule has 106 valence electrons. The van der Waals surface area contributed by atoms with E-state index in [1.807, 2.05) is 0 Å². The average molecular weight is 294 g/mol. The molecular formula is C12H14ClF2NO3. The number of methoxy groups -OCH3 is 1. The van der Waals surface area contributed by atoms with E-state index < -0.39 is 12.4 Å². The fourth-order valence-electron chi connectivity index (χ4n) is 1.53. The summed E-state index contributed by atoms with van der Waals surface area (Å²) in [6.45, 7) is 1.91. The van der Waals surface area contributed by atoms with Gasteiger partial charge in [0.2, 0.25) is 5.88 Å². The van der Waals surface area contributed by atoms with Crippen molar-refractivity contribution in [3.63, 3.8) is 0 Å². The van der Waals surface area contributed by atoms with Gasteiger partial charge in [-0.1, -0.05) is 0 Å². The van der Waals surface area contributed by atoms with Gasteiger partial charge in [-0.25, -0.2) is 13.8 Å². The number of ether oxygens (including phenoxy) is 2. The summed E-state index contributed by atoms with van der Waals surface area (Å²) < 4.78 is 35.2. The summed E-state index contributed by atoms with van der Waals surface area (Å²) in [5.74, 6) is -0.720. The van der Waals surface area contributed by atoms with E-state index in [1.54, 1.807) is 6.92 Å². The van der Waals surface area contributed by atoms with Gasteiger partial charge in [0.25, 0.3) is 6.43 Å². The Morgan fingerprint density at radius 2 is 2.21 bits per heavy atom. The Hall–Kier alpha value is -1.43. The molecule has 0 atom stereocenters. The maximum Gasteiger partial charge on any atom is 0.311 e. The Balaban J connectivity index is 3.13. The van der Waals surface area contributed by atoms with Crippen LogP contribution >= 0.6 is 11.6 Å². The van der Waals surface area contributed by atoms with Crippen molar-refractivity contribution in [2.75, 3.05) is 13.7 Å². The highest BCUT2D eigenvalue weighted by atomic mass is 35.5. The molecule has 1 aromatic rings. The number of carbonyl (C=O) groups excluding carboxylic acids is 1. The van der Waals surface area contributed by atoms with Gasteiger partial charge < -0.3 is 9.47 Å². The number of hydrogen-bond acceptors (Lipinski definition) is 4. The van der Waals surface area contributed by atoms with Crippen LogP contribution in [0, 0.1) is 0 Å². The van der Waals surface area contributed by atoms with Crippen LogP contribution in [0.25, 0.3) is 0 Å². The number of alkyl halides is 3. The van der Waals surface area contributed by atoms with E-state index in [4.69, 9.17) is 21.1 Å². The van der Waals surface area contributed by atoms with E-state index in [9.17, 15) is 13.6 Å². The molecule has 1 rings (SSSR count). The molecule has 0 unspecified atom stereocenters. The Bertz CT molecular complexity index is 455. The molecule has 7 heteroatoms. The van der Waals surface area contributed by atoms with Crippen molar-refractivity contribution in [1.82, 2.24) is 4.98 Å². The molecule has 0 aliphatic rings. The van der Waals surface area contributed by atoms with Gasteiger partial charge >= 0.3 is 5.97 Å². The van der Waals surface area contributed by atoms with Crippen LogP contribution in [0.1, 0.15) is 30.2 Å². The molecule has 0 radical (unpaired) electrons. The first kappa shape index (κ1) is 15.6. The third-order valence-electron chi connectivity index (χ3n) is 2.37. The molecule has 0 fully saturated rings. The summed E-state index contributed by atoms with van der Waals surface area (Å²) in [7, 11) is 1.24. The van der Waals surface area contributed by atoms with Crippen LogP contribution in [0.5, 0.6) is 5.88 Å². The van der Waals surface area contributed by atoms with Crippen LogP contribution in [-0.4, -0.2) is 24.7 Å². The van der Waals surface area contributed by atoms with Crippen molar-refractivity contribution in [3.05, 3.63) is 22.9 Å². The van der Waals surface area contributed by atoms with E-state index >= 15 is 0 Å². The number of rotatable bonds is 6. The van der Waals surface area contributed by atoms with Crippen LogP contribution in [0.15, 0.2) is 6.07 Å². The number of pyridine rings is 1. The van der Waals surface area contributed by atoms with Gasteiger partial charge in [-0.05, 0) is 18.6 Å². The van der Waals surface area contributed by atoms with Crippen LogP contribution in [0.3, 0.4) is 0 Å². The van der Waals surface area contributed by atoms with E-state index in [1.165, 1.54) is 13.2 Å². The van der Waals surface area contributed by atoms with E-state index in [2.05, 4.69) is 4.98 Å². The molecule has 4 nitrogen and oxygen atoms in total. The van der Waals surface area contributed by atoms with Crippen molar-refractivity contribution in [3.8, 4) is 5.88 Å². The quantitative estimate of drug-likeness (QED) is 0.598. The molecular weight excluding hydrogens is 280 g/mol. The molecule has 19 heavy (non-hydrogen) atoms. The standard InChI is InChI=1S/C12H14ClF2NO3/c1-3-19-10(17)5-9-7(6-13)4-8(11(14)15)12(16-9)18-2/h4,11H,3,5-6H2,1-2H3. The maximum atomic E-state index is 12.8. The summed E-state index contributed by atoms with van der Waals surface area (Å²) in [5.41, 5.74) is 0.311. The van der Waals surface area contributed by atoms with Crippen LogP contribution < -0.4 is 4.74 Å². The van der Waals surface area contributed by atoms with Crippen molar-refractivity contribution in [2.45, 2.75) is 25.7 Å². The van der Waals surface area contributed by atoms with Crippen LogP contribution in [-0.2, 0) is 21.8 Å². The zero-order valence-corrected chi connectivity index (χ0v) is 11.3. The molecule has 1 aromatic heterocycles.